The summed E-state index contributed by atoms with van der Waals surface area (Å²) < 4.78 is 36.3. The van der Waals surface area contributed by atoms with Gasteiger partial charge in [0.05, 0.1) is 6.54 Å². The van der Waals surface area contributed by atoms with Crippen LogP contribution in [0.4, 0.5) is 13.2 Å². The number of carbonyl (C=O) groups excluding carboxylic acids is 2. The van der Waals surface area contributed by atoms with Crippen molar-refractivity contribution in [3.05, 3.63) is 0 Å². The van der Waals surface area contributed by atoms with Crippen LogP contribution in [0, 0.1) is 11.8 Å². The van der Waals surface area contributed by atoms with Crippen molar-refractivity contribution in [1.29, 1.82) is 0 Å². The summed E-state index contributed by atoms with van der Waals surface area (Å²) in [6.45, 7) is 3.60. The van der Waals surface area contributed by atoms with E-state index in [0.717, 1.165) is 0 Å². The molecule has 1 rings (SSSR count). The third-order valence-corrected chi connectivity index (χ3v) is 3.52. The molecule has 8 heteroatoms. The number of piperidine rings is 1. The first-order valence-corrected chi connectivity index (χ1v) is 6.94. The molecule has 0 bridgehead atoms. The number of aliphatic hydroxyl groups is 1. The number of rotatable bonds is 4. The van der Waals surface area contributed by atoms with E-state index in [9.17, 15) is 22.8 Å². The fraction of sp³-hybridized carbons (Fsp3) is 0.846. The maximum atomic E-state index is 12.1. The molecule has 1 aliphatic heterocycles. The molecule has 0 aliphatic carbocycles. The highest BCUT2D eigenvalue weighted by molar-refractivity contribution is 5.80. The molecule has 122 valence electrons. The van der Waals surface area contributed by atoms with E-state index in [4.69, 9.17) is 5.11 Å². The highest BCUT2D eigenvalue weighted by Crippen LogP contribution is 2.21. The summed E-state index contributed by atoms with van der Waals surface area (Å²) in [6, 6.07) is 0. The van der Waals surface area contributed by atoms with E-state index in [2.05, 4.69) is 5.32 Å². The van der Waals surface area contributed by atoms with Crippen LogP contribution in [0.25, 0.3) is 0 Å². The average Bonchev–Trinajstić information content (AvgIpc) is 2.42. The molecule has 2 amide bonds. The number of likely N-dealkylation sites (tertiary alicyclic amines) is 1. The number of hydrogen-bond acceptors (Lipinski definition) is 3. The van der Waals surface area contributed by atoms with Gasteiger partial charge in [-0.3, -0.25) is 9.59 Å². The number of nitrogens with zero attached hydrogens (tertiary/aromatic N) is 1. The van der Waals surface area contributed by atoms with Gasteiger partial charge in [0.1, 0.15) is 0 Å². The number of aliphatic hydroxyl groups excluding tert-OH is 1. The van der Waals surface area contributed by atoms with Crippen LogP contribution in [-0.2, 0) is 9.59 Å². The molecule has 1 saturated heterocycles. The Bertz CT molecular complexity index is 377. The lowest BCUT2D eigenvalue weighted by atomic mass is 9.95. The van der Waals surface area contributed by atoms with E-state index in [0.29, 0.717) is 25.9 Å². The molecule has 1 unspecified atom stereocenters. The lowest BCUT2D eigenvalue weighted by Gasteiger charge is -2.32. The van der Waals surface area contributed by atoms with Crippen LogP contribution in [0.15, 0.2) is 0 Å². The van der Waals surface area contributed by atoms with Gasteiger partial charge in [0.15, 0.2) is 6.10 Å². The molecule has 0 spiro atoms. The van der Waals surface area contributed by atoms with Crippen molar-refractivity contribution in [2.24, 2.45) is 11.8 Å². The average molecular weight is 310 g/mol. The fourth-order valence-corrected chi connectivity index (χ4v) is 2.18. The van der Waals surface area contributed by atoms with Crippen molar-refractivity contribution in [1.82, 2.24) is 10.2 Å². The fourth-order valence-electron chi connectivity index (χ4n) is 2.18. The second-order valence-corrected chi connectivity index (χ2v) is 5.56. The molecule has 1 atom stereocenters. The first kappa shape index (κ1) is 17.7. The standard InChI is InChI=1S/C13H21F3N2O3/c1-8(2)12(21)18-5-3-9(4-6-18)11(20)17-7-10(19)13(14,15)16/h8-10,19H,3-7H2,1-2H3,(H,17,20). The van der Waals surface area contributed by atoms with Crippen molar-refractivity contribution in [2.45, 2.75) is 39.0 Å². The lowest BCUT2D eigenvalue weighted by Crippen LogP contribution is -2.46. The molecule has 0 radical (unpaired) electrons. The van der Waals surface area contributed by atoms with Crippen LogP contribution in [0.1, 0.15) is 26.7 Å². The van der Waals surface area contributed by atoms with Gasteiger partial charge in [0.2, 0.25) is 11.8 Å². The second kappa shape index (κ2) is 7.11. The summed E-state index contributed by atoms with van der Waals surface area (Å²) in [6.07, 6.45) is -6.44. The van der Waals surface area contributed by atoms with E-state index in [1.165, 1.54) is 0 Å². The number of halogens is 3. The molecule has 5 nitrogen and oxygen atoms in total. The Labute approximate surface area is 121 Å². The van der Waals surface area contributed by atoms with Crippen molar-refractivity contribution >= 4 is 11.8 Å². The maximum Gasteiger partial charge on any atom is 0.416 e. The topological polar surface area (TPSA) is 69.6 Å². The predicted octanol–water partition coefficient (Wildman–Crippen LogP) is 0.920. The van der Waals surface area contributed by atoms with Crippen LogP contribution >= 0.6 is 0 Å². The van der Waals surface area contributed by atoms with Gasteiger partial charge in [0.25, 0.3) is 0 Å². The third kappa shape index (κ3) is 5.18. The van der Waals surface area contributed by atoms with Crippen LogP contribution < -0.4 is 5.32 Å². The molecule has 0 saturated carbocycles. The number of alkyl halides is 3. The normalized spacial score (nSPS) is 18.7. The van der Waals surface area contributed by atoms with Crippen LogP contribution in [0.3, 0.4) is 0 Å². The Kier molecular flexibility index (Phi) is 6.00. The second-order valence-electron chi connectivity index (χ2n) is 5.56. The minimum Gasteiger partial charge on any atom is -0.382 e. The summed E-state index contributed by atoms with van der Waals surface area (Å²) in [5.74, 6) is -1.02. The van der Waals surface area contributed by atoms with Crippen molar-refractivity contribution < 1.29 is 27.9 Å². The van der Waals surface area contributed by atoms with Gasteiger partial charge in [0, 0.05) is 24.9 Å². The summed E-state index contributed by atoms with van der Waals surface area (Å²) in [5.41, 5.74) is 0. The third-order valence-electron chi connectivity index (χ3n) is 3.52. The van der Waals surface area contributed by atoms with Crippen molar-refractivity contribution in [3.8, 4) is 0 Å². The van der Waals surface area contributed by atoms with Gasteiger partial charge < -0.3 is 15.3 Å². The van der Waals surface area contributed by atoms with E-state index < -0.39 is 30.7 Å². The molecule has 1 heterocycles. The monoisotopic (exact) mass is 310 g/mol. The van der Waals surface area contributed by atoms with E-state index >= 15 is 0 Å². The minimum atomic E-state index is -4.74. The number of hydrogen-bond donors (Lipinski definition) is 2. The smallest absolute Gasteiger partial charge is 0.382 e. The SMILES string of the molecule is CC(C)C(=O)N1CCC(C(=O)NCC(O)C(F)(F)F)CC1. The number of nitrogens with one attached hydrogen (secondary N) is 1. The lowest BCUT2D eigenvalue weighted by molar-refractivity contribution is -0.202. The zero-order valence-corrected chi connectivity index (χ0v) is 12.1. The largest absolute Gasteiger partial charge is 0.416 e. The van der Waals surface area contributed by atoms with Gasteiger partial charge in [-0.25, -0.2) is 0 Å². The van der Waals surface area contributed by atoms with Crippen LogP contribution in [-0.4, -0.2) is 53.7 Å². The van der Waals surface area contributed by atoms with Gasteiger partial charge in [-0.1, -0.05) is 13.8 Å². The molecule has 0 aromatic heterocycles. The first-order valence-electron chi connectivity index (χ1n) is 6.94. The molecule has 21 heavy (non-hydrogen) atoms. The Morgan fingerprint density at radius 3 is 2.24 bits per heavy atom. The van der Waals surface area contributed by atoms with E-state index in [-0.39, 0.29) is 11.8 Å². The molecule has 2 N–H and O–H groups in total. The van der Waals surface area contributed by atoms with Gasteiger partial charge >= 0.3 is 6.18 Å². The highest BCUT2D eigenvalue weighted by Gasteiger charge is 2.38. The van der Waals surface area contributed by atoms with Crippen LogP contribution in [0.2, 0.25) is 0 Å². The Morgan fingerprint density at radius 1 is 1.29 bits per heavy atom. The van der Waals surface area contributed by atoms with E-state index in [1.54, 1.807) is 18.7 Å². The first-order chi connectivity index (χ1) is 9.62. The quantitative estimate of drug-likeness (QED) is 0.811. The molecular weight excluding hydrogens is 289 g/mol. The van der Waals surface area contributed by atoms with Gasteiger partial charge in [-0.2, -0.15) is 13.2 Å². The highest BCUT2D eigenvalue weighted by atomic mass is 19.4. The maximum absolute atomic E-state index is 12.1. The molecule has 0 aromatic carbocycles. The summed E-state index contributed by atoms with van der Waals surface area (Å²) in [5, 5.41) is 10.9. The summed E-state index contributed by atoms with van der Waals surface area (Å²) >= 11 is 0. The Hall–Kier alpha value is -1.31. The Balaban J connectivity index is 2.37. The molecule has 0 aromatic rings. The van der Waals surface area contributed by atoms with E-state index in [1.807, 2.05) is 0 Å². The van der Waals surface area contributed by atoms with Crippen molar-refractivity contribution in [3.63, 3.8) is 0 Å². The molecular formula is C13H21F3N2O3. The van der Waals surface area contributed by atoms with Crippen LogP contribution in [0.5, 0.6) is 0 Å². The zero-order chi connectivity index (χ0) is 16.2. The number of carbonyl (C=O) groups is 2. The Morgan fingerprint density at radius 2 is 1.81 bits per heavy atom. The number of amides is 2. The van der Waals surface area contributed by atoms with Gasteiger partial charge in [-0.15, -0.1) is 0 Å². The van der Waals surface area contributed by atoms with Gasteiger partial charge in [-0.05, 0) is 12.8 Å². The van der Waals surface area contributed by atoms with Crippen molar-refractivity contribution in [2.75, 3.05) is 19.6 Å². The summed E-state index contributed by atoms with van der Waals surface area (Å²) in [7, 11) is 0. The molecule has 1 aliphatic rings. The molecule has 1 fully saturated rings. The summed E-state index contributed by atoms with van der Waals surface area (Å²) in [4.78, 5) is 25.2. The zero-order valence-electron chi connectivity index (χ0n) is 12.1. The minimum absolute atomic E-state index is 0.0151. The predicted molar refractivity (Wildman–Crippen MR) is 69.2 cm³/mol.